The molecule has 1 aliphatic heterocycles. The molecule has 314 valence electrons. The SMILES string of the molecule is CCC(=O)O[C@H]1C(=O)[C@]2(C)[C@@H](OC(=O)N(C)C)C[C@H]3OC[C@@]3(C)[C@H]2[C@H](C)[C@]2(O)C[C@H](OC(=O)[C@H](OC(=O)CC)C(c3ccccc3)c3ccccc3)C(C)=C1C2(C)C. The second-order valence-electron chi connectivity index (χ2n) is 17.8. The minimum atomic E-state index is -1.69. The van der Waals surface area contributed by atoms with Gasteiger partial charge in [-0.05, 0) is 48.0 Å². The van der Waals surface area contributed by atoms with Crippen LogP contribution in [0.15, 0.2) is 71.8 Å². The summed E-state index contributed by atoms with van der Waals surface area (Å²) in [6.07, 6.45) is -5.94. The van der Waals surface area contributed by atoms with E-state index in [1.807, 2.05) is 88.4 Å². The van der Waals surface area contributed by atoms with Gasteiger partial charge < -0.3 is 33.7 Å². The summed E-state index contributed by atoms with van der Waals surface area (Å²) in [7, 11) is 3.12. The summed E-state index contributed by atoms with van der Waals surface area (Å²) >= 11 is 0. The number of ketones is 1. The normalized spacial score (nSPS) is 32.9. The molecule has 12 heteroatoms. The van der Waals surface area contributed by atoms with Crippen molar-refractivity contribution in [2.45, 2.75) is 123 Å². The molecule has 0 spiro atoms. The van der Waals surface area contributed by atoms with Crippen molar-refractivity contribution in [3.63, 3.8) is 0 Å². The van der Waals surface area contributed by atoms with Gasteiger partial charge in [-0.15, -0.1) is 0 Å². The number of hydrogen-bond acceptors (Lipinski definition) is 11. The summed E-state index contributed by atoms with van der Waals surface area (Å²) in [5, 5.41) is 13.5. The monoisotopic (exact) mass is 801 g/mol. The highest BCUT2D eigenvalue weighted by Crippen LogP contribution is 2.67. The van der Waals surface area contributed by atoms with Crippen molar-refractivity contribution < 1.29 is 52.8 Å². The first-order valence-corrected chi connectivity index (χ1v) is 20.4. The minimum absolute atomic E-state index is 0.0130. The van der Waals surface area contributed by atoms with Gasteiger partial charge in [-0.1, -0.05) is 102 Å². The van der Waals surface area contributed by atoms with E-state index in [9.17, 15) is 24.3 Å². The van der Waals surface area contributed by atoms with E-state index in [1.54, 1.807) is 41.8 Å². The molecule has 0 unspecified atom stereocenters. The Hall–Kier alpha value is -4.55. The van der Waals surface area contributed by atoms with Crippen LogP contribution < -0.4 is 0 Å². The number of esters is 3. The molecule has 0 radical (unpaired) electrons. The molecule has 3 fully saturated rings. The van der Waals surface area contributed by atoms with Gasteiger partial charge in [0.05, 0.1) is 29.6 Å². The van der Waals surface area contributed by atoms with E-state index in [1.165, 1.54) is 4.90 Å². The van der Waals surface area contributed by atoms with Gasteiger partial charge in [0.15, 0.2) is 11.9 Å². The van der Waals surface area contributed by atoms with E-state index in [2.05, 4.69) is 0 Å². The Bertz CT molecular complexity index is 1900. The summed E-state index contributed by atoms with van der Waals surface area (Å²) in [5.74, 6) is -4.61. The van der Waals surface area contributed by atoms with Crippen molar-refractivity contribution in [2.24, 2.45) is 28.1 Å². The van der Waals surface area contributed by atoms with Crippen LogP contribution in [0.3, 0.4) is 0 Å². The number of Topliss-reactive ketones (excluding diaryl/α,β-unsaturated/α-hetero) is 1. The average molecular weight is 802 g/mol. The van der Waals surface area contributed by atoms with E-state index < -0.39 is 93.8 Å². The molecule has 2 aromatic carbocycles. The molecule has 6 rings (SSSR count). The first-order chi connectivity index (χ1) is 27.3. The number of ether oxygens (including phenoxy) is 5. The van der Waals surface area contributed by atoms with Crippen LogP contribution in [0, 0.1) is 28.1 Å². The Morgan fingerprint density at radius 3 is 1.95 bits per heavy atom. The molecule has 2 bridgehead atoms. The summed E-state index contributed by atoms with van der Waals surface area (Å²) < 4.78 is 30.8. The van der Waals surface area contributed by atoms with Crippen LogP contribution in [0.5, 0.6) is 0 Å². The third-order valence-corrected chi connectivity index (χ3v) is 14.0. The van der Waals surface area contributed by atoms with Gasteiger partial charge in [0.2, 0.25) is 6.10 Å². The number of benzene rings is 2. The van der Waals surface area contributed by atoms with Gasteiger partial charge in [0.25, 0.3) is 0 Å². The Labute approximate surface area is 341 Å². The molecule has 1 N–H and O–H groups in total. The number of aliphatic hydroxyl groups is 1. The van der Waals surface area contributed by atoms with Crippen LogP contribution in [-0.2, 0) is 42.9 Å². The number of carbonyl (C=O) groups is 5. The lowest BCUT2D eigenvalue weighted by Gasteiger charge is -2.68. The number of fused-ring (bicyclic) bond motifs is 5. The van der Waals surface area contributed by atoms with Gasteiger partial charge in [-0.3, -0.25) is 14.4 Å². The van der Waals surface area contributed by atoms with E-state index in [4.69, 9.17) is 23.7 Å². The highest BCUT2D eigenvalue weighted by Gasteiger charge is 2.74. The summed E-state index contributed by atoms with van der Waals surface area (Å²) in [4.78, 5) is 71.4. The van der Waals surface area contributed by atoms with Crippen LogP contribution in [-0.4, -0.2) is 96.6 Å². The van der Waals surface area contributed by atoms with E-state index in [0.717, 1.165) is 11.1 Å². The van der Waals surface area contributed by atoms with E-state index in [-0.39, 0.29) is 31.8 Å². The largest absolute Gasteiger partial charge is 0.455 e. The molecule has 58 heavy (non-hydrogen) atoms. The van der Waals surface area contributed by atoms with Crippen LogP contribution >= 0.6 is 0 Å². The summed E-state index contributed by atoms with van der Waals surface area (Å²) in [6, 6.07) is 18.5. The molecule has 0 aromatic heterocycles. The molecule has 1 amide bonds. The zero-order valence-electron chi connectivity index (χ0n) is 35.4. The Morgan fingerprint density at radius 2 is 1.45 bits per heavy atom. The van der Waals surface area contributed by atoms with Crippen LogP contribution in [0.2, 0.25) is 0 Å². The number of carbonyl (C=O) groups excluding carboxylic acids is 5. The van der Waals surface area contributed by atoms with Gasteiger partial charge in [0.1, 0.15) is 12.2 Å². The molecule has 3 aliphatic carbocycles. The van der Waals surface area contributed by atoms with E-state index in [0.29, 0.717) is 17.8 Å². The third kappa shape index (κ3) is 6.93. The fraction of sp³-hybridized carbons (Fsp3) is 0.587. The molecule has 10 atom stereocenters. The predicted octanol–water partition coefficient (Wildman–Crippen LogP) is 6.57. The zero-order valence-corrected chi connectivity index (χ0v) is 35.4. The topological polar surface area (TPSA) is 155 Å². The second-order valence-corrected chi connectivity index (χ2v) is 17.8. The lowest BCUT2D eigenvalue weighted by atomic mass is 9.40. The third-order valence-electron chi connectivity index (χ3n) is 14.0. The average Bonchev–Trinajstić information content (AvgIpc) is 3.19. The van der Waals surface area contributed by atoms with Crippen molar-refractivity contribution in [1.29, 1.82) is 0 Å². The van der Waals surface area contributed by atoms with Gasteiger partial charge >= 0.3 is 24.0 Å². The Balaban J connectivity index is 1.52. The van der Waals surface area contributed by atoms with Gasteiger partial charge in [-0.2, -0.15) is 0 Å². The quantitative estimate of drug-likeness (QED) is 0.158. The second kappa shape index (κ2) is 15.9. The smallest absolute Gasteiger partial charge is 0.409 e. The first-order valence-electron chi connectivity index (χ1n) is 20.4. The van der Waals surface area contributed by atoms with Crippen LogP contribution in [0.25, 0.3) is 0 Å². The predicted molar refractivity (Wildman–Crippen MR) is 213 cm³/mol. The molecule has 4 aliphatic rings. The Kier molecular flexibility index (Phi) is 11.8. The Morgan fingerprint density at radius 1 is 0.879 bits per heavy atom. The molecule has 1 heterocycles. The lowest BCUT2D eigenvalue weighted by molar-refractivity contribution is -0.302. The van der Waals surface area contributed by atoms with Gasteiger partial charge in [0, 0.05) is 50.6 Å². The zero-order chi connectivity index (χ0) is 42.5. The van der Waals surface area contributed by atoms with Crippen LogP contribution in [0.4, 0.5) is 4.79 Å². The summed E-state index contributed by atoms with van der Waals surface area (Å²) in [6.45, 7) is 14.7. The molecule has 1 saturated heterocycles. The maximum absolute atomic E-state index is 15.7. The highest BCUT2D eigenvalue weighted by molar-refractivity contribution is 5.95. The minimum Gasteiger partial charge on any atom is -0.455 e. The molecular weight excluding hydrogens is 743 g/mol. The molecule has 2 saturated carbocycles. The summed E-state index contributed by atoms with van der Waals surface area (Å²) in [5.41, 5.74) is -2.79. The lowest BCUT2D eigenvalue weighted by Crippen LogP contribution is -2.75. The maximum atomic E-state index is 15.7. The van der Waals surface area contributed by atoms with Gasteiger partial charge in [-0.25, -0.2) is 9.59 Å². The van der Waals surface area contributed by atoms with Crippen molar-refractivity contribution in [3.8, 4) is 0 Å². The highest BCUT2D eigenvalue weighted by atomic mass is 16.6. The molecule has 2 aromatic rings. The maximum Gasteiger partial charge on any atom is 0.409 e. The fourth-order valence-electron chi connectivity index (χ4n) is 10.8. The molecular formula is C46H59NO11. The molecule has 12 nitrogen and oxygen atoms in total. The number of rotatable bonds is 10. The number of amides is 1. The fourth-order valence-corrected chi connectivity index (χ4v) is 10.8. The van der Waals surface area contributed by atoms with Crippen LogP contribution in [0.1, 0.15) is 98.1 Å². The van der Waals surface area contributed by atoms with Crippen molar-refractivity contribution >= 4 is 29.8 Å². The number of nitrogens with zero attached hydrogens (tertiary/aromatic N) is 1. The van der Waals surface area contributed by atoms with Crippen molar-refractivity contribution in [1.82, 2.24) is 4.90 Å². The first kappa shape index (κ1) is 43.0. The standard InChI is InChI=1S/C46H59NO11/c1-11-33(48)57-37(35(28-19-15-13-16-20-28)29-21-17-14-18-22-29)41(51)55-30-24-46(53)27(4)39-44(7)25-54-31(44)23-32(56-42(52)47(9)10)45(39,8)40(50)38(58-34(49)12-2)36(26(30)3)43(46,5)6/h13-22,27,30-32,35,37-39,53H,11-12,23-25H2,1-10H3/t27-,30-,31+,32-,37+,38+,39+,44+,45+,46+/m0/s1. The van der Waals surface area contributed by atoms with Crippen molar-refractivity contribution in [2.75, 3.05) is 20.7 Å². The number of hydrogen-bond donors (Lipinski definition) is 1. The van der Waals surface area contributed by atoms with Crippen molar-refractivity contribution in [3.05, 3.63) is 82.9 Å². The van der Waals surface area contributed by atoms with E-state index >= 15 is 4.79 Å².